The van der Waals surface area contributed by atoms with Gasteiger partial charge in [-0.25, -0.2) is 0 Å². The van der Waals surface area contributed by atoms with Crippen molar-refractivity contribution in [2.24, 2.45) is 0 Å². The standard InChI is InChI=1S/C21H22N4O3S/c1-14-4-5-15(2)19(10-14)25(21(27)18-13-29-24-23-18)12-20(26)22-11-16-6-8-17(28-3)9-7-16/h4-10,13H,11-12H2,1-3H3,(H,22,26). The topological polar surface area (TPSA) is 84.4 Å². The average Bonchev–Trinajstić information content (AvgIpc) is 3.27. The van der Waals surface area contributed by atoms with E-state index < -0.39 is 0 Å². The monoisotopic (exact) mass is 410 g/mol. The second kappa shape index (κ2) is 9.29. The molecule has 8 heteroatoms. The van der Waals surface area contributed by atoms with Gasteiger partial charge in [0.2, 0.25) is 5.91 Å². The zero-order valence-corrected chi connectivity index (χ0v) is 17.3. The van der Waals surface area contributed by atoms with Gasteiger partial charge in [-0.05, 0) is 60.3 Å². The fourth-order valence-corrected chi connectivity index (χ4v) is 3.25. The Hall–Kier alpha value is -3.26. The Morgan fingerprint density at radius 1 is 1.14 bits per heavy atom. The van der Waals surface area contributed by atoms with Crippen LogP contribution in [0.25, 0.3) is 0 Å². The molecule has 2 aromatic carbocycles. The molecule has 7 nitrogen and oxygen atoms in total. The Morgan fingerprint density at radius 3 is 2.55 bits per heavy atom. The van der Waals surface area contributed by atoms with Gasteiger partial charge in [0.1, 0.15) is 12.3 Å². The van der Waals surface area contributed by atoms with E-state index in [1.54, 1.807) is 12.5 Å². The Labute approximate surface area is 173 Å². The lowest BCUT2D eigenvalue weighted by Crippen LogP contribution is -2.41. The van der Waals surface area contributed by atoms with Crippen LogP contribution in [0.4, 0.5) is 5.69 Å². The van der Waals surface area contributed by atoms with E-state index in [0.717, 1.165) is 34.0 Å². The highest BCUT2D eigenvalue weighted by molar-refractivity contribution is 7.03. The molecule has 150 valence electrons. The molecule has 0 atom stereocenters. The summed E-state index contributed by atoms with van der Waals surface area (Å²) in [6, 6.07) is 13.2. The third-order valence-electron chi connectivity index (χ3n) is 4.43. The van der Waals surface area contributed by atoms with E-state index in [9.17, 15) is 9.59 Å². The molecule has 0 spiro atoms. The van der Waals surface area contributed by atoms with Gasteiger partial charge in [-0.3, -0.25) is 14.5 Å². The third kappa shape index (κ3) is 5.17. The van der Waals surface area contributed by atoms with Gasteiger partial charge in [0.25, 0.3) is 5.91 Å². The number of hydrogen-bond donors (Lipinski definition) is 1. The molecule has 0 unspecified atom stereocenters. The summed E-state index contributed by atoms with van der Waals surface area (Å²) >= 11 is 1.10. The molecule has 0 bridgehead atoms. The Balaban J connectivity index is 1.76. The number of nitrogens with one attached hydrogen (secondary N) is 1. The van der Waals surface area contributed by atoms with Crippen LogP contribution in [0.15, 0.2) is 47.8 Å². The van der Waals surface area contributed by atoms with Crippen LogP contribution in [0.2, 0.25) is 0 Å². The maximum absolute atomic E-state index is 13.0. The van der Waals surface area contributed by atoms with Gasteiger partial charge in [0.15, 0.2) is 5.69 Å². The van der Waals surface area contributed by atoms with Crippen molar-refractivity contribution in [3.05, 3.63) is 70.2 Å². The van der Waals surface area contributed by atoms with Crippen LogP contribution >= 0.6 is 11.5 Å². The molecule has 2 amide bonds. The van der Waals surface area contributed by atoms with Crippen molar-refractivity contribution in [1.82, 2.24) is 14.9 Å². The summed E-state index contributed by atoms with van der Waals surface area (Å²) in [6.07, 6.45) is 0. The quantitative estimate of drug-likeness (QED) is 0.647. The smallest absolute Gasteiger partial charge is 0.280 e. The Kier molecular flexibility index (Phi) is 6.56. The molecule has 1 aromatic heterocycles. The molecule has 29 heavy (non-hydrogen) atoms. The van der Waals surface area contributed by atoms with Gasteiger partial charge >= 0.3 is 0 Å². The molecular formula is C21H22N4O3S. The zero-order valence-electron chi connectivity index (χ0n) is 16.5. The van der Waals surface area contributed by atoms with Crippen molar-refractivity contribution in [2.45, 2.75) is 20.4 Å². The van der Waals surface area contributed by atoms with E-state index in [1.807, 2.05) is 56.3 Å². The maximum Gasteiger partial charge on any atom is 0.280 e. The van der Waals surface area contributed by atoms with Gasteiger partial charge in [-0.2, -0.15) is 0 Å². The zero-order chi connectivity index (χ0) is 20.8. The number of aryl methyl sites for hydroxylation is 2. The molecule has 3 aromatic rings. The predicted molar refractivity (Wildman–Crippen MR) is 112 cm³/mol. The highest BCUT2D eigenvalue weighted by atomic mass is 32.1. The summed E-state index contributed by atoms with van der Waals surface area (Å²) in [5.41, 5.74) is 3.74. The van der Waals surface area contributed by atoms with E-state index in [2.05, 4.69) is 14.9 Å². The lowest BCUT2D eigenvalue weighted by Gasteiger charge is -2.23. The number of aromatic nitrogens is 2. The molecule has 0 saturated heterocycles. The minimum Gasteiger partial charge on any atom is -0.497 e. The summed E-state index contributed by atoms with van der Waals surface area (Å²) in [4.78, 5) is 27.1. The first-order valence-corrected chi connectivity index (χ1v) is 9.87. The van der Waals surface area contributed by atoms with E-state index >= 15 is 0 Å². The minimum absolute atomic E-state index is 0.114. The molecule has 3 rings (SSSR count). The largest absolute Gasteiger partial charge is 0.497 e. The van der Waals surface area contributed by atoms with Crippen LogP contribution in [0.3, 0.4) is 0 Å². The highest BCUT2D eigenvalue weighted by Gasteiger charge is 2.24. The van der Waals surface area contributed by atoms with Crippen molar-refractivity contribution in [2.75, 3.05) is 18.6 Å². The van der Waals surface area contributed by atoms with Crippen molar-refractivity contribution >= 4 is 29.0 Å². The van der Waals surface area contributed by atoms with Crippen LogP contribution < -0.4 is 15.0 Å². The van der Waals surface area contributed by atoms with Gasteiger partial charge in [0.05, 0.1) is 7.11 Å². The summed E-state index contributed by atoms with van der Waals surface area (Å²) in [5, 5.41) is 8.31. The fourth-order valence-electron chi connectivity index (χ4n) is 2.82. The summed E-state index contributed by atoms with van der Waals surface area (Å²) in [7, 11) is 1.60. The van der Waals surface area contributed by atoms with Crippen molar-refractivity contribution in [1.29, 1.82) is 0 Å². The van der Waals surface area contributed by atoms with E-state index in [0.29, 0.717) is 12.2 Å². The van der Waals surface area contributed by atoms with E-state index in [1.165, 1.54) is 4.90 Å². The molecule has 0 aliphatic carbocycles. The lowest BCUT2D eigenvalue weighted by molar-refractivity contribution is -0.119. The van der Waals surface area contributed by atoms with Gasteiger partial charge < -0.3 is 10.1 Å². The SMILES string of the molecule is COc1ccc(CNC(=O)CN(C(=O)c2csnn2)c2cc(C)ccc2C)cc1. The van der Waals surface area contributed by atoms with Crippen LogP contribution in [0, 0.1) is 13.8 Å². The first kappa shape index (κ1) is 20.5. The Morgan fingerprint density at radius 2 is 1.90 bits per heavy atom. The number of rotatable bonds is 7. The third-order valence-corrected chi connectivity index (χ3v) is 4.93. The summed E-state index contributed by atoms with van der Waals surface area (Å²) in [6.45, 7) is 4.09. The van der Waals surface area contributed by atoms with Crippen molar-refractivity contribution < 1.29 is 14.3 Å². The Bertz CT molecular complexity index is 988. The van der Waals surface area contributed by atoms with Gasteiger partial charge in [-0.15, -0.1) is 5.10 Å². The maximum atomic E-state index is 13.0. The number of nitrogens with zero attached hydrogens (tertiary/aromatic N) is 3. The number of carbonyl (C=O) groups excluding carboxylic acids is 2. The molecular weight excluding hydrogens is 388 g/mol. The molecule has 0 radical (unpaired) electrons. The van der Waals surface area contributed by atoms with Crippen molar-refractivity contribution in [3.8, 4) is 5.75 Å². The average molecular weight is 410 g/mol. The summed E-state index contributed by atoms with van der Waals surface area (Å²) < 4.78 is 8.90. The minimum atomic E-state index is -0.355. The number of ether oxygens (including phenoxy) is 1. The van der Waals surface area contributed by atoms with Crippen LogP contribution in [-0.2, 0) is 11.3 Å². The fraction of sp³-hybridized carbons (Fsp3) is 0.238. The normalized spacial score (nSPS) is 10.4. The second-order valence-corrected chi connectivity index (χ2v) is 7.21. The van der Waals surface area contributed by atoms with Gasteiger partial charge in [0, 0.05) is 17.6 Å². The second-order valence-electron chi connectivity index (χ2n) is 6.60. The van der Waals surface area contributed by atoms with Crippen LogP contribution in [0.5, 0.6) is 5.75 Å². The highest BCUT2D eigenvalue weighted by Crippen LogP contribution is 2.23. The van der Waals surface area contributed by atoms with Crippen LogP contribution in [0.1, 0.15) is 27.2 Å². The first-order chi connectivity index (χ1) is 14.0. The molecule has 0 fully saturated rings. The van der Waals surface area contributed by atoms with E-state index in [-0.39, 0.29) is 24.1 Å². The lowest BCUT2D eigenvalue weighted by atomic mass is 10.1. The number of anilines is 1. The van der Waals surface area contributed by atoms with Gasteiger partial charge in [-0.1, -0.05) is 28.8 Å². The first-order valence-electron chi connectivity index (χ1n) is 9.03. The summed E-state index contributed by atoms with van der Waals surface area (Å²) in [5.74, 6) is 0.133. The molecule has 0 aliphatic heterocycles. The molecule has 0 saturated carbocycles. The number of hydrogen-bond acceptors (Lipinski definition) is 6. The molecule has 1 N–H and O–H groups in total. The number of methoxy groups -OCH3 is 1. The number of carbonyl (C=O) groups is 2. The number of amides is 2. The van der Waals surface area contributed by atoms with Crippen molar-refractivity contribution in [3.63, 3.8) is 0 Å². The number of benzene rings is 2. The predicted octanol–water partition coefficient (Wildman–Crippen LogP) is 3.13. The van der Waals surface area contributed by atoms with Crippen LogP contribution in [-0.4, -0.2) is 35.1 Å². The molecule has 0 aliphatic rings. The molecule has 1 heterocycles. The van der Waals surface area contributed by atoms with E-state index in [4.69, 9.17) is 4.74 Å².